The Morgan fingerprint density at radius 1 is 1.44 bits per heavy atom. The number of nitrogens with zero attached hydrogens (tertiary/aromatic N) is 1. The maximum Gasteiger partial charge on any atom is 0.129 e. The molecule has 0 saturated carbocycles. The Kier molecular flexibility index (Phi) is 5.42. The molecule has 0 N–H and O–H groups in total. The van der Waals surface area contributed by atoms with Crippen LogP contribution in [0.5, 0.6) is 0 Å². The topological polar surface area (TPSA) is 29.5 Å². The van der Waals surface area contributed by atoms with Crippen LogP contribution < -0.4 is 0 Å². The largest absolute Gasteiger partial charge is 0.377 e. The summed E-state index contributed by atoms with van der Waals surface area (Å²) in [7, 11) is 1.80. The van der Waals surface area contributed by atoms with E-state index >= 15 is 0 Å². The van der Waals surface area contributed by atoms with E-state index < -0.39 is 0 Å². The molecule has 1 atom stereocenters. The highest BCUT2D eigenvalue weighted by Gasteiger charge is 2.30. The van der Waals surface area contributed by atoms with Crippen LogP contribution in [0.1, 0.15) is 46.0 Å². The van der Waals surface area contributed by atoms with Gasteiger partial charge in [0.25, 0.3) is 0 Å². The maximum absolute atomic E-state index is 10.8. The number of hydrogen-bond acceptors (Lipinski definition) is 3. The van der Waals surface area contributed by atoms with E-state index in [0.29, 0.717) is 5.78 Å². The lowest BCUT2D eigenvalue weighted by atomic mass is 9.94. The third-order valence-corrected chi connectivity index (χ3v) is 3.48. The zero-order valence-corrected chi connectivity index (χ0v) is 10.9. The predicted octanol–water partition coefficient (Wildman–Crippen LogP) is 2.25. The minimum absolute atomic E-state index is 0.0405. The van der Waals surface area contributed by atoms with Gasteiger partial charge in [-0.1, -0.05) is 0 Å². The molecular formula is C13H25NO2. The molecule has 3 heteroatoms. The van der Waals surface area contributed by atoms with Gasteiger partial charge in [0.1, 0.15) is 5.78 Å². The second-order valence-electron chi connectivity index (χ2n) is 5.19. The Labute approximate surface area is 99.1 Å². The summed E-state index contributed by atoms with van der Waals surface area (Å²) in [6.45, 7) is 7.17. The number of unbranched alkanes of at least 4 members (excludes halogenated alkanes) is 1. The van der Waals surface area contributed by atoms with Crippen molar-refractivity contribution in [1.29, 1.82) is 0 Å². The molecule has 1 heterocycles. The summed E-state index contributed by atoms with van der Waals surface area (Å²) in [5, 5.41) is 0. The molecule has 1 aliphatic heterocycles. The van der Waals surface area contributed by atoms with Gasteiger partial charge in [0, 0.05) is 20.1 Å². The van der Waals surface area contributed by atoms with Gasteiger partial charge in [-0.25, -0.2) is 0 Å². The number of carbonyl (C=O) groups excluding carboxylic acids is 1. The van der Waals surface area contributed by atoms with E-state index in [-0.39, 0.29) is 5.60 Å². The van der Waals surface area contributed by atoms with Crippen molar-refractivity contribution in [1.82, 2.24) is 4.90 Å². The van der Waals surface area contributed by atoms with Crippen LogP contribution in [-0.2, 0) is 9.53 Å². The highest BCUT2D eigenvalue weighted by atomic mass is 16.5. The summed E-state index contributed by atoms with van der Waals surface area (Å²) in [4.78, 5) is 13.3. The zero-order chi connectivity index (χ0) is 12.0. The zero-order valence-electron chi connectivity index (χ0n) is 10.9. The van der Waals surface area contributed by atoms with Gasteiger partial charge in [-0.3, -0.25) is 0 Å². The third-order valence-electron chi connectivity index (χ3n) is 3.48. The minimum atomic E-state index is 0.0405. The number of rotatable bonds is 6. The number of ketones is 1. The van der Waals surface area contributed by atoms with E-state index in [0.717, 1.165) is 38.8 Å². The standard InChI is InChI=1S/C13H25NO2/c1-12(15)7-4-5-9-14-10-6-8-13(2,11-14)16-3/h4-11H2,1-3H3. The van der Waals surface area contributed by atoms with Crippen LogP contribution in [0.25, 0.3) is 0 Å². The van der Waals surface area contributed by atoms with Crippen LogP contribution in [0.15, 0.2) is 0 Å². The molecule has 0 aromatic rings. The molecule has 16 heavy (non-hydrogen) atoms. The van der Waals surface area contributed by atoms with Crippen LogP contribution in [0.3, 0.4) is 0 Å². The molecular weight excluding hydrogens is 202 g/mol. The predicted molar refractivity (Wildman–Crippen MR) is 65.6 cm³/mol. The van der Waals surface area contributed by atoms with Crippen LogP contribution in [0, 0.1) is 0 Å². The average molecular weight is 227 g/mol. The first-order valence-electron chi connectivity index (χ1n) is 6.33. The quantitative estimate of drug-likeness (QED) is 0.652. The van der Waals surface area contributed by atoms with Crippen molar-refractivity contribution in [2.24, 2.45) is 0 Å². The maximum atomic E-state index is 10.8. The number of ether oxygens (including phenoxy) is 1. The van der Waals surface area contributed by atoms with Gasteiger partial charge in [-0.15, -0.1) is 0 Å². The van der Waals surface area contributed by atoms with Crippen molar-refractivity contribution in [2.75, 3.05) is 26.7 Å². The summed E-state index contributed by atoms with van der Waals surface area (Å²) in [6.07, 6.45) is 5.26. The SMILES string of the molecule is COC1(C)CCCN(CCCCC(C)=O)C1. The molecule has 3 nitrogen and oxygen atoms in total. The van der Waals surface area contributed by atoms with E-state index in [1.807, 2.05) is 0 Å². The first kappa shape index (κ1) is 13.7. The van der Waals surface area contributed by atoms with Gasteiger partial charge in [0.2, 0.25) is 0 Å². The van der Waals surface area contributed by atoms with Crippen molar-refractivity contribution in [2.45, 2.75) is 51.6 Å². The van der Waals surface area contributed by atoms with Crippen LogP contribution in [-0.4, -0.2) is 43.0 Å². The van der Waals surface area contributed by atoms with Gasteiger partial charge in [-0.2, -0.15) is 0 Å². The van der Waals surface area contributed by atoms with Crippen molar-refractivity contribution < 1.29 is 9.53 Å². The lowest BCUT2D eigenvalue weighted by molar-refractivity contribution is -0.117. The molecule has 1 rings (SSSR count). The molecule has 1 aliphatic rings. The van der Waals surface area contributed by atoms with Gasteiger partial charge in [-0.05, 0) is 52.6 Å². The Hall–Kier alpha value is -0.410. The van der Waals surface area contributed by atoms with E-state index in [9.17, 15) is 4.79 Å². The van der Waals surface area contributed by atoms with Crippen molar-refractivity contribution in [3.8, 4) is 0 Å². The van der Waals surface area contributed by atoms with Crippen molar-refractivity contribution in [3.63, 3.8) is 0 Å². The lowest BCUT2D eigenvalue weighted by Crippen LogP contribution is -2.47. The molecule has 1 unspecified atom stereocenters. The van der Waals surface area contributed by atoms with Gasteiger partial charge in [0.05, 0.1) is 5.60 Å². The summed E-state index contributed by atoms with van der Waals surface area (Å²) in [5.74, 6) is 0.306. The average Bonchev–Trinajstić information content (AvgIpc) is 2.24. The second-order valence-corrected chi connectivity index (χ2v) is 5.19. The second kappa shape index (κ2) is 6.36. The van der Waals surface area contributed by atoms with Gasteiger partial charge >= 0.3 is 0 Å². The highest BCUT2D eigenvalue weighted by molar-refractivity contribution is 5.75. The van der Waals surface area contributed by atoms with Crippen molar-refractivity contribution >= 4 is 5.78 Å². The number of Topliss-reactive ketones (excluding diaryl/α,β-unsaturated/α-hetero) is 1. The molecule has 0 spiro atoms. The molecule has 0 aliphatic carbocycles. The number of carbonyl (C=O) groups is 1. The number of piperidine rings is 1. The monoisotopic (exact) mass is 227 g/mol. The van der Waals surface area contributed by atoms with E-state index in [1.165, 1.54) is 13.0 Å². The van der Waals surface area contributed by atoms with Crippen molar-refractivity contribution in [3.05, 3.63) is 0 Å². The molecule has 0 aromatic heterocycles. The Morgan fingerprint density at radius 3 is 2.81 bits per heavy atom. The smallest absolute Gasteiger partial charge is 0.129 e. The fraction of sp³-hybridized carbons (Fsp3) is 0.923. The number of methoxy groups -OCH3 is 1. The lowest BCUT2D eigenvalue weighted by Gasteiger charge is -2.39. The normalized spacial score (nSPS) is 26.9. The summed E-state index contributed by atoms with van der Waals surface area (Å²) in [5.41, 5.74) is 0.0405. The molecule has 0 amide bonds. The summed E-state index contributed by atoms with van der Waals surface area (Å²) < 4.78 is 5.56. The fourth-order valence-electron chi connectivity index (χ4n) is 2.37. The molecule has 0 aromatic carbocycles. The van der Waals surface area contributed by atoms with Gasteiger partial charge in [0.15, 0.2) is 0 Å². The van der Waals surface area contributed by atoms with E-state index in [2.05, 4.69) is 11.8 Å². The summed E-state index contributed by atoms with van der Waals surface area (Å²) in [6, 6.07) is 0. The molecule has 0 bridgehead atoms. The molecule has 1 fully saturated rings. The third kappa shape index (κ3) is 4.62. The first-order valence-corrected chi connectivity index (χ1v) is 6.33. The molecule has 94 valence electrons. The Morgan fingerprint density at radius 2 is 2.19 bits per heavy atom. The Bertz CT molecular complexity index is 230. The first-order chi connectivity index (χ1) is 7.56. The molecule has 1 saturated heterocycles. The van der Waals surface area contributed by atoms with Crippen LogP contribution in [0.4, 0.5) is 0 Å². The highest BCUT2D eigenvalue weighted by Crippen LogP contribution is 2.23. The van der Waals surface area contributed by atoms with Crippen LogP contribution in [0.2, 0.25) is 0 Å². The number of likely N-dealkylation sites (tertiary alicyclic amines) is 1. The Balaban J connectivity index is 2.19. The van der Waals surface area contributed by atoms with E-state index in [4.69, 9.17) is 4.74 Å². The van der Waals surface area contributed by atoms with E-state index in [1.54, 1.807) is 14.0 Å². The molecule has 0 radical (unpaired) electrons. The fourth-order valence-corrected chi connectivity index (χ4v) is 2.37. The number of hydrogen-bond donors (Lipinski definition) is 0. The summed E-state index contributed by atoms with van der Waals surface area (Å²) >= 11 is 0. The van der Waals surface area contributed by atoms with Gasteiger partial charge < -0.3 is 14.4 Å². The minimum Gasteiger partial charge on any atom is -0.377 e. The van der Waals surface area contributed by atoms with Crippen LogP contribution >= 0.6 is 0 Å².